The molecule has 0 unspecified atom stereocenters. The quantitative estimate of drug-likeness (QED) is 0.165. The molecule has 2 aromatic heterocycles. The number of hydrogen-bond acceptors (Lipinski definition) is 9. The van der Waals surface area contributed by atoms with E-state index in [0.717, 1.165) is 34.7 Å². The average Bonchev–Trinajstić information content (AvgIpc) is 3.54. The Hall–Kier alpha value is -3.12. The number of fused-ring (bicyclic) bond motifs is 2. The third-order valence-electron chi connectivity index (χ3n) is 5.26. The van der Waals surface area contributed by atoms with Crippen LogP contribution in [0.4, 0.5) is 0 Å². The summed E-state index contributed by atoms with van der Waals surface area (Å²) in [4.78, 5) is 34.8. The number of aromatic nitrogens is 2. The Labute approximate surface area is 230 Å². The Morgan fingerprint density at radius 2 is 1.27 bits per heavy atom. The minimum Gasteiger partial charge on any atom is -0.497 e. The first-order chi connectivity index (χ1) is 18.1. The molecule has 0 fully saturated rings. The molecule has 0 saturated carbocycles. The lowest BCUT2D eigenvalue weighted by Crippen LogP contribution is -2.42. The smallest absolute Gasteiger partial charge is 0.232 e. The van der Waals surface area contributed by atoms with Crippen LogP contribution in [0.3, 0.4) is 0 Å². The average molecular weight is 567 g/mol. The van der Waals surface area contributed by atoms with Crippen molar-refractivity contribution in [1.29, 1.82) is 0 Å². The van der Waals surface area contributed by atoms with E-state index in [1.807, 2.05) is 60.7 Å². The number of nitrogens with one attached hydrogen (secondary N) is 2. The van der Waals surface area contributed by atoms with Crippen molar-refractivity contribution in [2.45, 2.75) is 14.8 Å². The Balaban J connectivity index is 1.22. The van der Waals surface area contributed by atoms with Gasteiger partial charge in [0.2, 0.25) is 11.8 Å². The molecule has 0 bridgehead atoms. The second-order valence-electron chi connectivity index (χ2n) is 7.81. The fraction of sp³-hybridized carbons (Fsp3) is 0.154. The number of hydrogen-bond donors (Lipinski definition) is 2. The van der Waals surface area contributed by atoms with Gasteiger partial charge in [-0.2, -0.15) is 0 Å². The minimum absolute atomic E-state index is 0.183. The number of methoxy groups -OCH3 is 1. The zero-order chi connectivity index (χ0) is 25.6. The summed E-state index contributed by atoms with van der Waals surface area (Å²) in [7, 11) is 1.59. The Kier molecular flexibility index (Phi) is 8.24. The van der Waals surface area contributed by atoms with Gasteiger partial charge in [-0.1, -0.05) is 59.9 Å². The summed E-state index contributed by atoms with van der Waals surface area (Å²) in [5, 5.41) is 5.89. The number of nitrogens with zero attached hydrogens (tertiary/aromatic N) is 2. The van der Waals surface area contributed by atoms with Gasteiger partial charge in [0, 0.05) is 0 Å². The number of benzene rings is 3. The molecule has 2 N–H and O–H groups in total. The molecule has 0 radical (unpaired) electrons. The van der Waals surface area contributed by atoms with Crippen LogP contribution >= 0.6 is 46.2 Å². The highest BCUT2D eigenvalue weighted by Gasteiger charge is 2.19. The van der Waals surface area contributed by atoms with Gasteiger partial charge in [-0.3, -0.25) is 9.59 Å². The monoisotopic (exact) mass is 566 g/mol. The molecule has 5 rings (SSSR count). The summed E-state index contributed by atoms with van der Waals surface area (Å²) in [6, 6.07) is 23.0. The molecule has 2 heterocycles. The maximum atomic E-state index is 12.9. The zero-order valence-electron chi connectivity index (χ0n) is 19.7. The Bertz CT molecular complexity index is 1380. The normalized spacial score (nSPS) is 11.2. The first-order valence-electron chi connectivity index (χ1n) is 11.3. The number of thiazole rings is 2. The first kappa shape index (κ1) is 25.5. The number of carbonyl (C=O) groups is 2. The summed E-state index contributed by atoms with van der Waals surface area (Å²) in [6.45, 7) is 0. The first-order valence-corrected chi connectivity index (χ1v) is 14.9. The molecule has 0 atom stereocenters. The van der Waals surface area contributed by atoms with Crippen molar-refractivity contribution in [2.24, 2.45) is 0 Å². The molecule has 188 valence electrons. The number of ether oxygens (including phenoxy) is 1. The largest absolute Gasteiger partial charge is 0.497 e. The van der Waals surface area contributed by atoms with Gasteiger partial charge < -0.3 is 15.4 Å². The lowest BCUT2D eigenvalue weighted by Gasteiger charge is -2.21. The molecule has 0 aliphatic carbocycles. The number of amides is 2. The van der Waals surface area contributed by atoms with Crippen molar-refractivity contribution in [3.8, 4) is 5.75 Å². The number of para-hydroxylation sites is 2. The summed E-state index contributed by atoms with van der Waals surface area (Å²) < 4.78 is 9.06. The van der Waals surface area contributed by atoms with Crippen LogP contribution in [0.2, 0.25) is 0 Å². The van der Waals surface area contributed by atoms with Crippen molar-refractivity contribution in [3.05, 3.63) is 78.4 Å². The van der Waals surface area contributed by atoms with E-state index in [0.29, 0.717) is 5.75 Å². The molecule has 37 heavy (non-hydrogen) atoms. The van der Waals surface area contributed by atoms with Crippen molar-refractivity contribution in [1.82, 2.24) is 20.6 Å². The predicted octanol–water partition coefficient (Wildman–Crippen LogP) is 5.73. The lowest BCUT2D eigenvalue weighted by molar-refractivity contribution is -0.121. The number of carbonyl (C=O) groups excluding carboxylic acids is 2. The van der Waals surface area contributed by atoms with Crippen molar-refractivity contribution < 1.29 is 14.3 Å². The van der Waals surface area contributed by atoms with Crippen LogP contribution in [-0.4, -0.2) is 40.4 Å². The minimum atomic E-state index is -0.683. The molecule has 7 nitrogen and oxygen atoms in total. The van der Waals surface area contributed by atoms with Crippen LogP contribution in [0, 0.1) is 0 Å². The molecule has 11 heteroatoms. The second kappa shape index (κ2) is 12.0. The summed E-state index contributed by atoms with van der Waals surface area (Å²) in [5.74, 6) is 0.650. The Morgan fingerprint density at radius 3 is 1.73 bits per heavy atom. The van der Waals surface area contributed by atoms with Crippen LogP contribution < -0.4 is 15.4 Å². The van der Waals surface area contributed by atoms with Crippen LogP contribution in [0.5, 0.6) is 5.75 Å². The van der Waals surface area contributed by atoms with Gasteiger partial charge in [-0.15, -0.1) is 22.7 Å². The van der Waals surface area contributed by atoms with Crippen LogP contribution in [0.15, 0.2) is 81.5 Å². The van der Waals surface area contributed by atoms with Gasteiger partial charge in [-0.05, 0) is 42.0 Å². The van der Waals surface area contributed by atoms with E-state index in [4.69, 9.17) is 4.74 Å². The van der Waals surface area contributed by atoms with Crippen LogP contribution in [0.1, 0.15) is 11.7 Å². The summed E-state index contributed by atoms with van der Waals surface area (Å²) in [5.41, 5.74) is 2.59. The zero-order valence-corrected chi connectivity index (χ0v) is 22.9. The highest BCUT2D eigenvalue weighted by atomic mass is 32.2. The van der Waals surface area contributed by atoms with E-state index in [1.54, 1.807) is 41.9 Å². The highest BCUT2D eigenvalue weighted by Crippen LogP contribution is 2.30. The third kappa shape index (κ3) is 6.61. The van der Waals surface area contributed by atoms with E-state index in [9.17, 15) is 9.59 Å². The second-order valence-corrected chi connectivity index (χ2v) is 12.3. The summed E-state index contributed by atoms with van der Waals surface area (Å²) >= 11 is 5.87. The maximum Gasteiger partial charge on any atom is 0.232 e. The van der Waals surface area contributed by atoms with Gasteiger partial charge in [0.15, 0.2) is 8.68 Å². The SMILES string of the molecule is COc1ccc(C(NC(=O)CSc2nc3ccccc3s2)NC(=O)CSc2nc3ccccc3s2)cc1. The third-order valence-corrected chi connectivity index (χ3v) is 9.62. The molecule has 0 aliphatic rings. The van der Waals surface area contributed by atoms with Crippen LogP contribution in [-0.2, 0) is 9.59 Å². The van der Waals surface area contributed by atoms with E-state index >= 15 is 0 Å². The van der Waals surface area contributed by atoms with Gasteiger partial charge in [0.25, 0.3) is 0 Å². The van der Waals surface area contributed by atoms with Crippen molar-refractivity contribution in [2.75, 3.05) is 18.6 Å². The van der Waals surface area contributed by atoms with E-state index in [-0.39, 0.29) is 23.3 Å². The van der Waals surface area contributed by atoms with Gasteiger partial charge in [0.05, 0.1) is 39.0 Å². The standard InChI is InChI=1S/C26H22N4O3S4/c1-33-17-12-10-16(11-13-17)24(29-22(31)14-34-25-27-18-6-2-4-8-20(18)36-25)30-23(32)15-35-26-28-19-7-3-5-9-21(19)37-26/h2-13,24H,14-15H2,1H3,(H,29,31)(H,30,32). The van der Waals surface area contributed by atoms with Crippen LogP contribution in [0.25, 0.3) is 20.4 Å². The molecule has 5 aromatic rings. The molecule has 0 spiro atoms. The molecule has 0 saturated heterocycles. The number of thioether (sulfide) groups is 2. The van der Waals surface area contributed by atoms with Gasteiger partial charge in [-0.25, -0.2) is 9.97 Å². The topological polar surface area (TPSA) is 93.2 Å². The van der Waals surface area contributed by atoms with E-state index in [2.05, 4.69) is 20.6 Å². The fourth-order valence-electron chi connectivity index (χ4n) is 3.48. The van der Waals surface area contributed by atoms with Crippen molar-refractivity contribution >= 4 is 78.4 Å². The molecular weight excluding hydrogens is 545 g/mol. The molecular formula is C26H22N4O3S4. The predicted molar refractivity (Wildman–Crippen MR) is 153 cm³/mol. The molecule has 0 aliphatic heterocycles. The molecule has 2 amide bonds. The Morgan fingerprint density at radius 1 is 0.784 bits per heavy atom. The maximum absolute atomic E-state index is 12.9. The summed E-state index contributed by atoms with van der Waals surface area (Å²) in [6.07, 6.45) is -0.683. The fourth-order valence-corrected chi connectivity index (χ4v) is 7.24. The van der Waals surface area contributed by atoms with E-state index in [1.165, 1.54) is 23.5 Å². The highest BCUT2D eigenvalue weighted by molar-refractivity contribution is 8.02. The van der Waals surface area contributed by atoms with E-state index < -0.39 is 6.17 Å². The lowest BCUT2D eigenvalue weighted by atomic mass is 10.1. The molecule has 3 aromatic carbocycles. The van der Waals surface area contributed by atoms with Gasteiger partial charge >= 0.3 is 0 Å². The van der Waals surface area contributed by atoms with Gasteiger partial charge in [0.1, 0.15) is 11.9 Å². The number of rotatable bonds is 10. The van der Waals surface area contributed by atoms with Crippen molar-refractivity contribution in [3.63, 3.8) is 0 Å².